The molecule has 0 unspecified atom stereocenters. The Bertz CT molecular complexity index is 245. The Balaban J connectivity index is 0.00000289. The molecule has 4 heteroatoms. The predicted octanol–water partition coefficient (Wildman–Crippen LogP) is 3.53. The molecule has 0 aromatic carbocycles. The second kappa shape index (κ2) is 8.99. The van der Waals surface area contributed by atoms with Gasteiger partial charge in [-0.15, -0.1) is 24.0 Å². The van der Waals surface area contributed by atoms with Crippen LogP contribution in [0.15, 0.2) is 4.99 Å². The fraction of sp³-hybridized carbons (Fsp3) is 0.929. The van der Waals surface area contributed by atoms with Crippen LogP contribution in [0.1, 0.15) is 59.3 Å². The molecule has 0 aromatic heterocycles. The quantitative estimate of drug-likeness (QED) is 0.429. The maximum atomic E-state index is 5.89. The number of hydrogen-bond donors (Lipinski definition) is 2. The first-order valence-corrected chi connectivity index (χ1v) is 7.12. The van der Waals surface area contributed by atoms with Gasteiger partial charge in [0.1, 0.15) is 0 Å². The van der Waals surface area contributed by atoms with E-state index in [0.29, 0.717) is 17.3 Å². The Morgan fingerprint density at radius 2 is 1.94 bits per heavy atom. The number of hydrogen-bond acceptors (Lipinski definition) is 1. The van der Waals surface area contributed by atoms with Crippen molar-refractivity contribution < 1.29 is 0 Å². The van der Waals surface area contributed by atoms with Gasteiger partial charge in [-0.2, -0.15) is 0 Å². The Morgan fingerprint density at radius 3 is 2.44 bits per heavy atom. The van der Waals surface area contributed by atoms with Crippen molar-refractivity contribution in [1.82, 2.24) is 5.32 Å². The Labute approximate surface area is 129 Å². The number of nitrogens with two attached hydrogens (primary N) is 1. The van der Waals surface area contributed by atoms with Gasteiger partial charge < -0.3 is 11.1 Å². The molecule has 3 N–H and O–H groups in total. The summed E-state index contributed by atoms with van der Waals surface area (Å²) in [6, 6.07) is 0. The molecule has 0 amide bonds. The molecular formula is C14H30IN3. The average Bonchev–Trinajstić information content (AvgIpc) is 2.75. The maximum Gasteiger partial charge on any atom is 0.188 e. The van der Waals surface area contributed by atoms with Crippen LogP contribution in [-0.4, -0.2) is 19.0 Å². The van der Waals surface area contributed by atoms with Crippen molar-refractivity contribution in [3.8, 4) is 0 Å². The topological polar surface area (TPSA) is 50.4 Å². The van der Waals surface area contributed by atoms with E-state index < -0.39 is 0 Å². The number of halogens is 1. The van der Waals surface area contributed by atoms with E-state index in [9.17, 15) is 0 Å². The minimum atomic E-state index is 0. The normalized spacial score (nSPS) is 18.8. The van der Waals surface area contributed by atoms with Gasteiger partial charge in [0.25, 0.3) is 0 Å². The SMILES string of the molecule is CCC1(CN=C(N)NCCC(C)C)CCCC1.I. The summed E-state index contributed by atoms with van der Waals surface area (Å²) < 4.78 is 0. The largest absolute Gasteiger partial charge is 0.370 e. The first-order chi connectivity index (χ1) is 8.08. The molecule has 1 saturated carbocycles. The summed E-state index contributed by atoms with van der Waals surface area (Å²) in [5.74, 6) is 1.34. The number of nitrogens with one attached hydrogen (secondary N) is 1. The van der Waals surface area contributed by atoms with Crippen molar-refractivity contribution in [1.29, 1.82) is 0 Å². The third-order valence-electron chi connectivity index (χ3n) is 4.03. The summed E-state index contributed by atoms with van der Waals surface area (Å²) >= 11 is 0. The lowest BCUT2D eigenvalue weighted by molar-refractivity contribution is 0.297. The van der Waals surface area contributed by atoms with Gasteiger partial charge in [-0.05, 0) is 37.0 Å². The third kappa shape index (κ3) is 6.25. The fourth-order valence-electron chi connectivity index (χ4n) is 2.55. The van der Waals surface area contributed by atoms with Crippen molar-refractivity contribution >= 4 is 29.9 Å². The van der Waals surface area contributed by atoms with Crippen LogP contribution in [0.2, 0.25) is 0 Å². The Kier molecular flexibility index (Phi) is 8.99. The summed E-state index contributed by atoms with van der Waals surface area (Å²) in [7, 11) is 0. The minimum Gasteiger partial charge on any atom is -0.370 e. The molecule has 0 radical (unpaired) electrons. The lowest BCUT2D eigenvalue weighted by Gasteiger charge is -2.25. The molecule has 108 valence electrons. The van der Waals surface area contributed by atoms with Gasteiger partial charge >= 0.3 is 0 Å². The van der Waals surface area contributed by atoms with E-state index in [1.54, 1.807) is 0 Å². The van der Waals surface area contributed by atoms with Gasteiger partial charge in [0.15, 0.2) is 5.96 Å². The van der Waals surface area contributed by atoms with Crippen molar-refractivity contribution in [3.63, 3.8) is 0 Å². The summed E-state index contributed by atoms with van der Waals surface area (Å²) in [6.45, 7) is 8.57. The highest BCUT2D eigenvalue weighted by molar-refractivity contribution is 14.0. The second-order valence-corrected chi connectivity index (χ2v) is 5.87. The van der Waals surface area contributed by atoms with Gasteiger partial charge in [-0.25, -0.2) is 0 Å². The highest BCUT2D eigenvalue weighted by Gasteiger charge is 2.31. The molecule has 1 aliphatic carbocycles. The standard InChI is InChI=1S/C14H29N3.HI/c1-4-14(8-5-6-9-14)11-17-13(15)16-10-7-12(2)3;/h12H,4-11H2,1-3H3,(H3,15,16,17);1H. The molecule has 1 aliphatic rings. The van der Waals surface area contributed by atoms with Gasteiger partial charge in [0.2, 0.25) is 0 Å². The van der Waals surface area contributed by atoms with Crippen LogP contribution < -0.4 is 11.1 Å². The van der Waals surface area contributed by atoms with Crippen LogP contribution in [0.25, 0.3) is 0 Å². The van der Waals surface area contributed by atoms with Crippen LogP contribution in [0.5, 0.6) is 0 Å². The van der Waals surface area contributed by atoms with E-state index in [2.05, 4.69) is 31.1 Å². The van der Waals surface area contributed by atoms with E-state index in [-0.39, 0.29) is 24.0 Å². The number of aliphatic imine (C=N–C) groups is 1. The van der Waals surface area contributed by atoms with Crippen LogP contribution in [0.3, 0.4) is 0 Å². The summed E-state index contributed by atoms with van der Waals surface area (Å²) in [6.07, 6.45) is 7.76. The van der Waals surface area contributed by atoms with E-state index in [1.165, 1.54) is 32.1 Å². The van der Waals surface area contributed by atoms with E-state index in [1.807, 2.05) is 0 Å². The van der Waals surface area contributed by atoms with Gasteiger partial charge in [-0.1, -0.05) is 33.6 Å². The highest BCUT2D eigenvalue weighted by Crippen LogP contribution is 2.40. The zero-order chi connectivity index (χ0) is 12.7. The smallest absolute Gasteiger partial charge is 0.188 e. The highest BCUT2D eigenvalue weighted by atomic mass is 127. The molecule has 0 bridgehead atoms. The zero-order valence-electron chi connectivity index (χ0n) is 12.2. The Hall–Kier alpha value is 0. The third-order valence-corrected chi connectivity index (χ3v) is 4.03. The lowest BCUT2D eigenvalue weighted by atomic mass is 9.84. The monoisotopic (exact) mass is 367 g/mol. The van der Waals surface area contributed by atoms with Crippen molar-refractivity contribution in [2.24, 2.45) is 22.1 Å². The van der Waals surface area contributed by atoms with Crippen molar-refractivity contribution in [2.75, 3.05) is 13.1 Å². The fourth-order valence-corrected chi connectivity index (χ4v) is 2.55. The van der Waals surface area contributed by atoms with Crippen LogP contribution >= 0.6 is 24.0 Å². The van der Waals surface area contributed by atoms with E-state index in [4.69, 9.17) is 5.73 Å². The summed E-state index contributed by atoms with van der Waals surface area (Å²) in [5.41, 5.74) is 6.34. The van der Waals surface area contributed by atoms with Crippen LogP contribution in [0, 0.1) is 11.3 Å². The van der Waals surface area contributed by atoms with Gasteiger partial charge in [0, 0.05) is 13.1 Å². The molecule has 1 rings (SSSR count). The first-order valence-electron chi connectivity index (χ1n) is 7.12. The molecule has 0 saturated heterocycles. The maximum absolute atomic E-state index is 5.89. The van der Waals surface area contributed by atoms with E-state index in [0.717, 1.165) is 19.5 Å². The molecule has 0 heterocycles. The number of guanidine groups is 1. The first kappa shape index (κ1) is 18.0. The molecule has 0 aliphatic heterocycles. The Morgan fingerprint density at radius 1 is 1.33 bits per heavy atom. The van der Waals surface area contributed by atoms with Crippen LogP contribution in [-0.2, 0) is 0 Å². The molecule has 0 spiro atoms. The van der Waals surface area contributed by atoms with E-state index >= 15 is 0 Å². The molecule has 18 heavy (non-hydrogen) atoms. The molecule has 0 atom stereocenters. The number of rotatable bonds is 6. The van der Waals surface area contributed by atoms with Crippen molar-refractivity contribution in [3.05, 3.63) is 0 Å². The van der Waals surface area contributed by atoms with Gasteiger partial charge in [0.05, 0.1) is 0 Å². The molecule has 0 aromatic rings. The lowest BCUT2D eigenvalue weighted by Crippen LogP contribution is -2.34. The van der Waals surface area contributed by atoms with Crippen LogP contribution in [0.4, 0.5) is 0 Å². The minimum absolute atomic E-state index is 0. The summed E-state index contributed by atoms with van der Waals surface area (Å²) in [4.78, 5) is 4.53. The molecular weight excluding hydrogens is 337 g/mol. The molecule has 1 fully saturated rings. The summed E-state index contributed by atoms with van der Waals surface area (Å²) in [5, 5.41) is 3.21. The zero-order valence-corrected chi connectivity index (χ0v) is 14.5. The molecule has 3 nitrogen and oxygen atoms in total. The predicted molar refractivity (Wildman–Crippen MR) is 90.6 cm³/mol. The number of nitrogens with zero attached hydrogens (tertiary/aromatic N) is 1. The average molecular weight is 367 g/mol. The van der Waals surface area contributed by atoms with Crippen molar-refractivity contribution in [2.45, 2.75) is 59.3 Å². The second-order valence-electron chi connectivity index (χ2n) is 5.87. The van der Waals surface area contributed by atoms with Gasteiger partial charge in [-0.3, -0.25) is 4.99 Å².